The number of terminal acetylenes is 1. The number of carbonyl (C=O) groups is 1. The molecule has 0 radical (unpaired) electrons. The van der Waals surface area contributed by atoms with Crippen molar-refractivity contribution in [2.75, 3.05) is 6.61 Å². The molecule has 0 atom stereocenters. The second-order valence-electron chi connectivity index (χ2n) is 1.99. The second kappa shape index (κ2) is 6.88. The van der Waals surface area contributed by atoms with Crippen molar-refractivity contribution in [1.82, 2.24) is 0 Å². The summed E-state index contributed by atoms with van der Waals surface area (Å²) in [6.45, 7) is 2.36. The predicted molar refractivity (Wildman–Crippen MR) is 43.8 cm³/mol. The Morgan fingerprint density at radius 1 is 1.73 bits per heavy atom. The van der Waals surface area contributed by atoms with E-state index in [1.165, 1.54) is 0 Å². The summed E-state index contributed by atoms with van der Waals surface area (Å²) in [6.07, 6.45) is 10.5. The van der Waals surface area contributed by atoms with Crippen LogP contribution in [0, 0.1) is 12.3 Å². The Labute approximate surface area is 67.2 Å². The molecular formula is C9H12O2. The largest absolute Gasteiger partial charge is 0.456 e. The molecule has 60 valence electrons. The summed E-state index contributed by atoms with van der Waals surface area (Å²) in [6, 6.07) is 0. The third kappa shape index (κ3) is 6.66. The molecule has 0 aliphatic rings. The maximum atomic E-state index is 10.4. The summed E-state index contributed by atoms with van der Waals surface area (Å²) < 4.78 is 4.63. The molecule has 0 heterocycles. The van der Waals surface area contributed by atoms with Gasteiger partial charge in [0.05, 0.1) is 6.61 Å². The van der Waals surface area contributed by atoms with E-state index in [1.54, 1.807) is 0 Å². The fraction of sp³-hybridized carbons (Fsp3) is 0.444. The first-order valence-corrected chi connectivity index (χ1v) is 3.55. The van der Waals surface area contributed by atoms with Crippen LogP contribution in [0.4, 0.5) is 0 Å². The normalized spacial score (nSPS) is 9.45. The molecule has 0 spiro atoms. The summed E-state index contributed by atoms with van der Waals surface area (Å²) in [7, 11) is 0. The highest BCUT2D eigenvalue weighted by Crippen LogP contribution is 1.91. The van der Waals surface area contributed by atoms with Gasteiger partial charge in [-0.3, -0.25) is 0 Å². The van der Waals surface area contributed by atoms with Crippen LogP contribution in [-0.4, -0.2) is 12.6 Å². The Hall–Kier alpha value is -1.23. The van der Waals surface area contributed by atoms with Crippen LogP contribution in [0.3, 0.4) is 0 Å². The lowest BCUT2D eigenvalue weighted by molar-refractivity contribution is -0.136. The number of ether oxygens (including phenoxy) is 1. The quantitative estimate of drug-likeness (QED) is 0.201. The van der Waals surface area contributed by atoms with Gasteiger partial charge in [0.2, 0.25) is 0 Å². The summed E-state index contributed by atoms with van der Waals surface area (Å²) in [5.41, 5.74) is 0. The average Bonchev–Trinajstić information content (AvgIpc) is 2.04. The van der Waals surface area contributed by atoms with E-state index in [1.807, 2.05) is 25.0 Å². The molecule has 0 fully saturated rings. The standard InChI is InChI=1S/C9H12O2/c1-3-5-6-7-8-11-9(10)4-2/h2-3,5H,6-8H2,1H3. The van der Waals surface area contributed by atoms with Crippen molar-refractivity contribution in [2.45, 2.75) is 19.8 Å². The van der Waals surface area contributed by atoms with Gasteiger partial charge in [-0.2, -0.15) is 0 Å². The molecule has 2 nitrogen and oxygen atoms in total. The minimum atomic E-state index is -0.578. The van der Waals surface area contributed by atoms with Crippen molar-refractivity contribution in [3.05, 3.63) is 12.2 Å². The van der Waals surface area contributed by atoms with Crippen LogP contribution in [0.15, 0.2) is 12.2 Å². The molecule has 0 rings (SSSR count). The number of carbonyl (C=O) groups excluding carboxylic acids is 1. The van der Waals surface area contributed by atoms with Crippen LogP contribution in [-0.2, 0) is 9.53 Å². The van der Waals surface area contributed by atoms with E-state index < -0.39 is 5.97 Å². The van der Waals surface area contributed by atoms with Gasteiger partial charge in [-0.05, 0) is 19.8 Å². The van der Waals surface area contributed by atoms with Gasteiger partial charge in [0.25, 0.3) is 0 Å². The highest BCUT2D eigenvalue weighted by atomic mass is 16.5. The number of unbranched alkanes of at least 4 members (excludes halogenated alkanes) is 1. The molecule has 0 aliphatic carbocycles. The molecule has 0 bridgehead atoms. The molecule has 0 aromatic carbocycles. The van der Waals surface area contributed by atoms with Gasteiger partial charge < -0.3 is 4.74 Å². The first kappa shape index (κ1) is 9.77. The number of hydrogen-bond donors (Lipinski definition) is 0. The van der Waals surface area contributed by atoms with E-state index in [2.05, 4.69) is 4.74 Å². The van der Waals surface area contributed by atoms with Gasteiger partial charge in [0.1, 0.15) is 0 Å². The van der Waals surface area contributed by atoms with Crippen molar-refractivity contribution < 1.29 is 9.53 Å². The monoisotopic (exact) mass is 152 g/mol. The topological polar surface area (TPSA) is 26.3 Å². The third-order valence-corrected chi connectivity index (χ3v) is 1.10. The second-order valence-corrected chi connectivity index (χ2v) is 1.99. The van der Waals surface area contributed by atoms with Gasteiger partial charge in [-0.1, -0.05) is 12.2 Å². The van der Waals surface area contributed by atoms with Crippen molar-refractivity contribution in [3.8, 4) is 12.3 Å². The SMILES string of the molecule is C#CC(=O)OCCCC=CC. The van der Waals surface area contributed by atoms with Crippen LogP contribution in [0.25, 0.3) is 0 Å². The first-order chi connectivity index (χ1) is 5.31. The Morgan fingerprint density at radius 3 is 3.00 bits per heavy atom. The smallest absolute Gasteiger partial charge is 0.384 e. The minimum absolute atomic E-state index is 0.410. The minimum Gasteiger partial charge on any atom is -0.456 e. The van der Waals surface area contributed by atoms with E-state index in [-0.39, 0.29) is 0 Å². The van der Waals surface area contributed by atoms with Gasteiger partial charge in [-0.15, -0.1) is 6.42 Å². The summed E-state index contributed by atoms with van der Waals surface area (Å²) in [4.78, 5) is 10.4. The number of rotatable bonds is 4. The Bertz CT molecular complexity index is 174. The van der Waals surface area contributed by atoms with Gasteiger partial charge in [-0.25, -0.2) is 4.79 Å². The fourth-order valence-electron chi connectivity index (χ4n) is 0.574. The number of allylic oxidation sites excluding steroid dienone is 2. The third-order valence-electron chi connectivity index (χ3n) is 1.10. The molecule has 0 saturated heterocycles. The summed E-state index contributed by atoms with van der Waals surface area (Å²) in [5.74, 6) is 1.30. The van der Waals surface area contributed by atoms with E-state index in [0.717, 1.165) is 12.8 Å². The van der Waals surface area contributed by atoms with Gasteiger partial charge >= 0.3 is 5.97 Å². The Kier molecular flexibility index (Phi) is 6.11. The number of hydrogen-bond acceptors (Lipinski definition) is 2. The molecule has 2 heteroatoms. The summed E-state index contributed by atoms with van der Waals surface area (Å²) >= 11 is 0. The molecule has 0 amide bonds. The zero-order valence-corrected chi connectivity index (χ0v) is 6.67. The maximum Gasteiger partial charge on any atom is 0.384 e. The molecule has 0 unspecified atom stereocenters. The van der Waals surface area contributed by atoms with Crippen LogP contribution < -0.4 is 0 Å². The Balaban J connectivity index is 3.16. The average molecular weight is 152 g/mol. The van der Waals surface area contributed by atoms with Crippen LogP contribution in [0.2, 0.25) is 0 Å². The highest BCUT2D eigenvalue weighted by Gasteiger charge is 1.93. The van der Waals surface area contributed by atoms with E-state index in [0.29, 0.717) is 6.61 Å². The first-order valence-electron chi connectivity index (χ1n) is 3.55. The van der Waals surface area contributed by atoms with Gasteiger partial charge in [0, 0.05) is 5.92 Å². The van der Waals surface area contributed by atoms with Crippen molar-refractivity contribution in [2.24, 2.45) is 0 Å². The van der Waals surface area contributed by atoms with Crippen molar-refractivity contribution in [3.63, 3.8) is 0 Å². The molecule has 0 aliphatic heterocycles. The lowest BCUT2D eigenvalue weighted by Crippen LogP contribution is -2.01. The highest BCUT2D eigenvalue weighted by molar-refractivity contribution is 5.87. The Morgan fingerprint density at radius 2 is 2.45 bits per heavy atom. The number of esters is 1. The van der Waals surface area contributed by atoms with E-state index in [4.69, 9.17) is 6.42 Å². The summed E-state index contributed by atoms with van der Waals surface area (Å²) in [5, 5.41) is 0. The van der Waals surface area contributed by atoms with Crippen molar-refractivity contribution in [1.29, 1.82) is 0 Å². The maximum absolute atomic E-state index is 10.4. The zero-order chi connectivity index (χ0) is 8.53. The van der Waals surface area contributed by atoms with Gasteiger partial charge in [0.15, 0.2) is 0 Å². The van der Waals surface area contributed by atoms with Crippen LogP contribution in [0.5, 0.6) is 0 Å². The molecule has 0 aromatic heterocycles. The van der Waals surface area contributed by atoms with E-state index in [9.17, 15) is 4.79 Å². The van der Waals surface area contributed by atoms with Crippen molar-refractivity contribution >= 4 is 5.97 Å². The molecule has 0 saturated carbocycles. The lowest BCUT2D eigenvalue weighted by atomic mass is 10.3. The van der Waals surface area contributed by atoms with Crippen LogP contribution >= 0.6 is 0 Å². The molecule has 11 heavy (non-hydrogen) atoms. The predicted octanol–water partition coefficient (Wildman–Crippen LogP) is 1.52. The molecular weight excluding hydrogens is 140 g/mol. The lowest BCUT2D eigenvalue weighted by Gasteiger charge is -1.96. The zero-order valence-electron chi connectivity index (χ0n) is 6.67. The van der Waals surface area contributed by atoms with E-state index >= 15 is 0 Å². The molecule has 0 aromatic rings. The molecule has 0 N–H and O–H groups in total. The fourth-order valence-corrected chi connectivity index (χ4v) is 0.574. The van der Waals surface area contributed by atoms with Crippen LogP contribution in [0.1, 0.15) is 19.8 Å².